The summed E-state index contributed by atoms with van der Waals surface area (Å²) in [5.74, 6) is -0.709. The lowest BCUT2D eigenvalue weighted by Crippen LogP contribution is -2.68. The number of aliphatic hydroxyl groups is 4. The van der Waals surface area contributed by atoms with Crippen LogP contribution in [0.15, 0.2) is 12.7 Å². The zero-order valence-electron chi connectivity index (χ0n) is 17.4. The topological polar surface area (TPSA) is 211 Å². The van der Waals surface area contributed by atoms with Gasteiger partial charge in [0.2, 0.25) is 5.91 Å². The SMILES string of the molecule is C=CCO[C@@H]1O[C@@H](C)[C@@H](O)[C@@H](O[C@@H]2O[C@H](CO)[C@@H](O)[C@H](OS(=O)(=O)O)[C@H]2NC(C)=O)[C@@H]1O. The lowest BCUT2D eigenvalue weighted by molar-refractivity contribution is -0.341. The van der Waals surface area contributed by atoms with Gasteiger partial charge in [-0.2, -0.15) is 8.42 Å². The monoisotopic (exact) mass is 487 g/mol. The van der Waals surface area contributed by atoms with Gasteiger partial charge in [0.05, 0.1) is 19.3 Å². The summed E-state index contributed by atoms with van der Waals surface area (Å²) in [4.78, 5) is 11.7. The van der Waals surface area contributed by atoms with E-state index in [9.17, 15) is 33.6 Å². The van der Waals surface area contributed by atoms with E-state index in [1.165, 1.54) is 13.0 Å². The zero-order chi connectivity index (χ0) is 24.2. The predicted molar refractivity (Wildman–Crippen MR) is 103 cm³/mol. The molecule has 14 nitrogen and oxygen atoms in total. The van der Waals surface area contributed by atoms with Crippen LogP contribution in [-0.2, 0) is 38.3 Å². The average molecular weight is 487 g/mol. The number of aliphatic hydroxyl groups excluding tert-OH is 4. The van der Waals surface area contributed by atoms with Crippen molar-refractivity contribution in [2.24, 2.45) is 0 Å². The minimum atomic E-state index is -5.12. The summed E-state index contributed by atoms with van der Waals surface area (Å²) in [5.41, 5.74) is 0. The third kappa shape index (κ3) is 6.64. The van der Waals surface area contributed by atoms with Crippen LogP contribution in [-0.4, -0.2) is 114 Å². The van der Waals surface area contributed by atoms with Crippen molar-refractivity contribution >= 4 is 16.3 Å². The van der Waals surface area contributed by atoms with Crippen molar-refractivity contribution in [1.29, 1.82) is 0 Å². The lowest BCUT2D eigenvalue weighted by atomic mass is 9.95. The second kappa shape index (κ2) is 11.3. The molecule has 0 aliphatic carbocycles. The third-order valence-electron chi connectivity index (χ3n) is 4.91. The van der Waals surface area contributed by atoms with Crippen molar-refractivity contribution in [2.45, 2.75) is 75.2 Å². The van der Waals surface area contributed by atoms with E-state index in [0.29, 0.717) is 0 Å². The molecule has 2 heterocycles. The molecule has 0 aromatic carbocycles. The highest BCUT2D eigenvalue weighted by molar-refractivity contribution is 7.80. The number of amides is 1. The Bertz CT molecular complexity index is 749. The molecular weight excluding hydrogens is 458 g/mol. The van der Waals surface area contributed by atoms with Crippen molar-refractivity contribution in [3.05, 3.63) is 12.7 Å². The number of hydrogen-bond acceptors (Lipinski definition) is 12. The Hall–Kier alpha value is -1.24. The van der Waals surface area contributed by atoms with E-state index in [1.54, 1.807) is 0 Å². The number of ether oxygens (including phenoxy) is 4. The van der Waals surface area contributed by atoms with E-state index in [-0.39, 0.29) is 6.61 Å². The van der Waals surface area contributed by atoms with Crippen molar-refractivity contribution in [3.8, 4) is 0 Å². The Balaban J connectivity index is 2.35. The Labute approximate surface area is 184 Å². The van der Waals surface area contributed by atoms with Crippen molar-refractivity contribution in [2.75, 3.05) is 13.2 Å². The van der Waals surface area contributed by atoms with Crippen molar-refractivity contribution < 1.29 is 61.3 Å². The van der Waals surface area contributed by atoms with Crippen molar-refractivity contribution in [3.63, 3.8) is 0 Å². The maximum atomic E-state index is 11.7. The maximum Gasteiger partial charge on any atom is 0.397 e. The minimum absolute atomic E-state index is 0.00869. The minimum Gasteiger partial charge on any atom is -0.394 e. The second-order valence-corrected chi connectivity index (χ2v) is 8.39. The van der Waals surface area contributed by atoms with Crippen LogP contribution in [0.2, 0.25) is 0 Å². The van der Waals surface area contributed by atoms with E-state index in [0.717, 1.165) is 6.92 Å². The molecule has 0 spiro atoms. The van der Waals surface area contributed by atoms with Crippen LogP contribution in [0, 0.1) is 0 Å². The molecule has 10 atom stereocenters. The molecule has 32 heavy (non-hydrogen) atoms. The average Bonchev–Trinajstić information content (AvgIpc) is 2.70. The molecule has 0 unspecified atom stereocenters. The van der Waals surface area contributed by atoms with Crippen LogP contribution in [0.1, 0.15) is 13.8 Å². The van der Waals surface area contributed by atoms with Gasteiger partial charge >= 0.3 is 10.4 Å². The standard InChI is InChI=1S/C17H29NO13S/c1-4-5-27-17-13(23)15(11(21)7(2)28-17)30-16-10(18-8(3)20)14(31-32(24,25)26)12(22)9(6-19)29-16/h4,7,9-17,19,21-23H,1,5-6H2,2-3H3,(H,18,20)(H,24,25,26)/t7-,9+,10+,11+,12+,13-,14+,15+,16-,17+/m0/s1. The Morgan fingerprint density at radius 1 is 1.12 bits per heavy atom. The summed E-state index contributed by atoms with van der Waals surface area (Å²) in [6.07, 6.45) is -11.9. The molecular formula is C17H29NO13S. The van der Waals surface area contributed by atoms with E-state index in [1.807, 2.05) is 0 Å². The molecule has 6 N–H and O–H groups in total. The van der Waals surface area contributed by atoms with Gasteiger partial charge in [0.1, 0.15) is 42.7 Å². The molecule has 0 aromatic rings. The summed E-state index contributed by atoms with van der Waals surface area (Å²) < 4.78 is 58.0. The van der Waals surface area contributed by atoms with Gasteiger partial charge in [-0.3, -0.25) is 9.35 Å². The zero-order valence-corrected chi connectivity index (χ0v) is 18.2. The molecule has 2 rings (SSSR count). The van der Waals surface area contributed by atoms with Gasteiger partial charge in [-0.1, -0.05) is 6.08 Å². The number of nitrogens with one attached hydrogen (secondary N) is 1. The molecule has 0 aromatic heterocycles. The highest BCUT2D eigenvalue weighted by Crippen LogP contribution is 2.31. The molecule has 2 aliphatic heterocycles. The van der Waals surface area contributed by atoms with E-state index in [4.69, 9.17) is 23.5 Å². The summed E-state index contributed by atoms with van der Waals surface area (Å²) >= 11 is 0. The maximum absolute atomic E-state index is 11.7. The van der Waals surface area contributed by atoms with Gasteiger partial charge in [-0.25, -0.2) is 4.18 Å². The van der Waals surface area contributed by atoms with Crippen LogP contribution in [0.5, 0.6) is 0 Å². The normalized spacial score (nSPS) is 40.6. The summed E-state index contributed by atoms with van der Waals surface area (Å²) in [6.45, 7) is 5.23. The quantitative estimate of drug-likeness (QED) is 0.140. The first kappa shape index (κ1) is 27.0. The van der Waals surface area contributed by atoms with Crippen LogP contribution < -0.4 is 5.32 Å². The van der Waals surface area contributed by atoms with Gasteiger partial charge in [0, 0.05) is 6.92 Å². The highest BCUT2D eigenvalue weighted by atomic mass is 32.3. The molecule has 1 amide bonds. The molecule has 0 radical (unpaired) electrons. The molecule has 2 saturated heterocycles. The number of carbonyl (C=O) groups is 1. The van der Waals surface area contributed by atoms with E-state index < -0.39 is 84.3 Å². The van der Waals surface area contributed by atoms with Gasteiger partial charge in [-0.05, 0) is 6.92 Å². The Morgan fingerprint density at radius 3 is 2.31 bits per heavy atom. The van der Waals surface area contributed by atoms with Crippen molar-refractivity contribution in [1.82, 2.24) is 5.32 Å². The van der Waals surface area contributed by atoms with Crippen LogP contribution in [0.3, 0.4) is 0 Å². The number of carbonyl (C=O) groups excluding carboxylic acids is 1. The highest BCUT2D eigenvalue weighted by Gasteiger charge is 2.52. The molecule has 15 heteroatoms. The lowest BCUT2D eigenvalue weighted by Gasteiger charge is -2.47. The fourth-order valence-corrected chi connectivity index (χ4v) is 3.95. The van der Waals surface area contributed by atoms with Gasteiger partial charge < -0.3 is 44.7 Å². The Kier molecular flexibility index (Phi) is 9.50. The first-order valence-electron chi connectivity index (χ1n) is 9.66. The van der Waals surface area contributed by atoms with Crippen LogP contribution in [0.25, 0.3) is 0 Å². The first-order chi connectivity index (χ1) is 14.9. The summed E-state index contributed by atoms with van der Waals surface area (Å²) in [7, 11) is -5.12. The second-order valence-electron chi connectivity index (χ2n) is 7.34. The van der Waals surface area contributed by atoms with Gasteiger partial charge in [0.25, 0.3) is 0 Å². The fourth-order valence-electron chi connectivity index (χ4n) is 3.44. The molecule has 2 fully saturated rings. The first-order valence-corrected chi connectivity index (χ1v) is 11.0. The van der Waals surface area contributed by atoms with Gasteiger partial charge in [-0.15, -0.1) is 6.58 Å². The molecule has 2 aliphatic rings. The summed E-state index contributed by atoms with van der Waals surface area (Å²) in [6, 6.07) is -1.54. The smallest absolute Gasteiger partial charge is 0.394 e. The molecule has 186 valence electrons. The van der Waals surface area contributed by atoms with Gasteiger partial charge in [0.15, 0.2) is 12.6 Å². The predicted octanol–water partition coefficient (Wildman–Crippen LogP) is -3.19. The fraction of sp³-hybridized carbons (Fsp3) is 0.824. The summed E-state index contributed by atoms with van der Waals surface area (Å²) in [5, 5.41) is 43.2. The number of rotatable bonds is 9. The van der Waals surface area contributed by atoms with E-state index in [2.05, 4.69) is 16.1 Å². The number of hydrogen-bond donors (Lipinski definition) is 6. The molecule has 0 saturated carbocycles. The van der Waals surface area contributed by atoms with E-state index >= 15 is 0 Å². The van der Waals surface area contributed by atoms with Crippen LogP contribution in [0.4, 0.5) is 0 Å². The Morgan fingerprint density at radius 2 is 1.78 bits per heavy atom. The third-order valence-corrected chi connectivity index (χ3v) is 5.37. The largest absolute Gasteiger partial charge is 0.397 e. The molecule has 0 bridgehead atoms. The van der Waals surface area contributed by atoms with Crippen LogP contribution >= 0.6 is 0 Å².